The molecule has 0 unspecified atom stereocenters. The Morgan fingerprint density at radius 1 is 0.944 bits per heavy atom. The highest BCUT2D eigenvalue weighted by molar-refractivity contribution is 7.98. The zero-order valence-corrected chi connectivity index (χ0v) is 21.0. The summed E-state index contributed by atoms with van der Waals surface area (Å²) in [6.07, 6.45) is 3.46. The van der Waals surface area contributed by atoms with Gasteiger partial charge in [-0.1, -0.05) is 53.7 Å². The molecular formula is C28H22ClN5OS. The van der Waals surface area contributed by atoms with Crippen molar-refractivity contribution < 1.29 is 4.79 Å². The number of thioether (sulfide) groups is 1. The summed E-state index contributed by atoms with van der Waals surface area (Å²) in [5.41, 5.74) is 5.34. The van der Waals surface area contributed by atoms with Gasteiger partial charge in [-0.15, -0.1) is 10.2 Å². The van der Waals surface area contributed by atoms with Gasteiger partial charge in [0.15, 0.2) is 11.0 Å². The van der Waals surface area contributed by atoms with E-state index in [-0.39, 0.29) is 5.91 Å². The highest BCUT2D eigenvalue weighted by atomic mass is 35.5. The van der Waals surface area contributed by atoms with E-state index in [0.29, 0.717) is 22.2 Å². The Morgan fingerprint density at radius 2 is 1.72 bits per heavy atom. The van der Waals surface area contributed by atoms with E-state index in [2.05, 4.69) is 20.5 Å². The second-order valence-electron chi connectivity index (χ2n) is 8.17. The molecule has 5 aromatic rings. The summed E-state index contributed by atoms with van der Waals surface area (Å²) < 4.78 is 2.00. The maximum absolute atomic E-state index is 12.6. The van der Waals surface area contributed by atoms with Gasteiger partial charge in [0.2, 0.25) is 0 Å². The molecule has 2 heterocycles. The molecule has 3 aromatic carbocycles. The lowest BCUT2D eigenvalue weighted by molar-refractivity contribution is 0.102. The second kappa shape index (κ2) is 10.8. The third-order valence-corrected chi connectivity index (χ3v) is 6.73. The smallest absolute Gasteiger partial charge is 0.255 e. The Labute approximate surface area is 218 Å². The van der Waals surface area contributed by atoms with Crippen LogP contribution in [0.15, 0.2) is 102 Å². The van der Waals surface area contributed by atoms with Crippen LogP contribution in [0.5, 0.6) is 0 Å². The number of pyridine rings is 1. The van der Waals surface area contributed by atoms with Gasteiger partial charge in [0.05, 0.1) is 5.69 Å². The maximum atomic E-state index is 12.6. The molecule has 36 heavy (non-hydrogen) atoms. The van der Waals surface area contributed by atoms with Gasteiger partial charge in [-0.25, -0.2) is 0 Å². The van der Waals surface area contributed by atoms with Crippen LogP contribution in [0, 0.1) is 6.92 Å². The molecule has 1 amide bonds. The van der Waals surface area contributed by atoms with Crippen molar-refractivity contribution >= 4 is 35.0 Å². The van der Waals surface area contributed by atoms with Gasteiger partial charge in [0, 0.05) is 40.0 Å². The van der Waals surface area contributed by atoms with E-state index in [0.717, 1.165) is 33.2 Å². The largest absolute Gasteiger partial charge is 0.322 e. The van der Waals surface area contributed by atoms with E-state index in [1.54, 1.807) is 24.2 Å². The predicted molar refractivity (Wildman–Crippen MR) is 145 cm³/mol. The monoisotopic (exact) mass is 511 g/mol. The van der Waals surface area contributed by atoms with Crippen molar-refractivity contribution in [2.45, 2.75) is 17.8 Å². The summed E-state index contributed by atoms with van der Waals surface area (Å²) in [5, 5.41) is 13.2. The number of benzene rings is 3. The second-order valence-corrected chi connectivity index (χ2v) is 9.55. The molecule has 0 saturated heterocycles. The number of carbonyl (C=O) groups is 1. The van der Waals surface area contributed by atoms with Crippen LogP contribution in [0.2, 0.25) is 5.02 Å². The third-order valence-electron chi connectivity index (χ3n) is 5.50. The van der Waals surface area contributed by atoms with Gasteiger partial charge >= 0.3 is 0 Å². The fourth-order valence-electron chi connectivity index (χ4n) is 3.73. The molecular weight excluding hydrogens is 490 g/mol. The summed E-state index contributed by atoms with van der Waals surface area (Å²) in [6.45, 7) is 2.00. The van der Waals surface area contributed by atoms with Gasteiger partial charge in [0.25, 0.3) is 5.91 Å². The molecule has 0 saturated carbocycles. The van der Waals surface area contributed by atoms with Gasteiger partial charge < -0.3 is 5.32 Å². The molecule has 0 aliphatic heterocycles. The molecule has 1 N–H and O–H groups in total. The van der Waals surface area contributed by atoms with E-state index in [4.69, 9.17) is 11.6 Å². The molecule has 6 nitrogen and oxygen atoms in total. The number of rotatable bonds is 7. The normalized spacial score (nSPS) is 10.8. The topological polar surface area (TPSA) is 72.7 Å². The standard InChI is InChI=1S/C28H22ClN5OS/c1-19-4-2-6-24(16-19)31-27(35)22-10-8-20(9-11-22)18-36-28-33-32-26(21-12-14-30-15-13-21)34(28)25-7-3-5-23(29)17-25/h2-17H,18H2,1H3,(H,31,35). The lowest BCUT2D eigenvalue weighted by Gasteiger charge is -2.11. The number of hydrogen-bond acceptors (Lipinski definition) is 5. The molecule has 5 rings (SSSR count). The summed E-state index contributed by atoms with van der Waals surface area (Å²) in [4.78, 5) is 16.7. The Balaban J connectivity index is 1.34. The molecule has 8 heteroatoms. The van der Waals surface area contributed by atoms with E-state index in [1.807, 2.05) is 96.4 Å². The molecule has 0 aliphatic rings. The Bertz CT molecular complexity index is 1500. The molecule has 0 bridgehead atoms. The van der Waals surface area contributed by atoms with Gasteiger partial charge in [-0.2, -0.15) is 0 Å². The summed E-state index contributed by atoms with van der Waals surface area (Å²) in [6, 6.07) is 26.8. The van der Waals surface area contributed by atoms with E-state index in [9.17, 15) is 4.79 Å². The number of hydrogen-bond donors (Lipinski definition) is 1. The number of carbonyl (C=O) groups excluding carboxylic acids is 1. The van der Waals surface area contributed by atoms with Crippen molar-refractivity contribution in [1.82, 2.24) is 19.7 Å². The number of aryl methyl sites for hydroxylation is 1. The highest BCUT2D eigenvalue weighted by Crippen LogP contribution is 2.30. The molecule has 0 spiro atoms. The fraction of sp³-hybridized carbons (Fsp3) is 0.0714. The van der Waals surface area contributed by atoms with Crippen LogP contribution in [-0.2, 0) is 5.75 Å². The SMILES string of the molecule is Cc1cccc(NC(=O)c2ccc(CSc3nnc(-c4ccncc4)n3-c3cccc(Cl)c3)cc2)c1. The molecule has 178 valence electrons. The van der Waals surface area contributed by atoms with Crippen LogP contribution in [-0.4, -0.2) is 25.7 Å². The van der Waals surface area contributed by atoms with Crippen molar-refractivity contribution in [3.8, 4) is 17.1 Å². The number of nitrogens with zero attached hydrogens (tertiary/aromatic N) is 4. The molecule has 2 aromatic heterocycles. The van der Waals surface area contributed by atoms with Crippen LogP contribution in [0.4, 0.5) is 5.69 Å². The first-order chi connectivity index (χ1) is 17.6. The van der Waals surface area contributed by atoms with Crippen LogP contribution < -0.4 is 5.32 Å². The number of aromatic nitrogens is 4. The van der Waals surface area contributed by atoms with Gasteiger partial charge in [0.1, 0.15) is 0 Å². The minimum absolute atomic E-state index is 0.137. The Morgan fingerprint density at radius 3 is 2.47 bits per heavy atom. The van der Waals surface area contributed by atoms with Crippen LogP contribution in [0.25, 0.3) is 17.1 Å². The summed E-state index contributed by atoms with van der Waals surface area (Å²) in [5.74, 6) is 1.24. The van der Waals surface area contributed by atoms with Crippen LogP contribution >= 0.6 is 23.4 Å². The lowest BCUT2D eigenvalue weighted by Crippen LogP contribution is -2.11. The zero-order chi connectivity index (χ0) is 24.9. The number of amides is 1. The summed E-state index contributed by atoms with van der Waals surface area (Å²) in [7, 11) is 0. The molecule has 0 aliphatic carbocycles. The molecule has 0 radical (unpaired) electrons. The van der Waals surface area contributed by atoms with E-state index < -0.39 is 0 Å². The van der Waals surface area contributed by atoms with Gasteiger partial charge in [-0.3, -0.25) is 14.3 Å². The number of anilines is 1. The average Bonchev–Trinajstić information content (AvgIpc) is 3.32. The zero-order valence-electron chi connectivity index (χ0n) is 19.4. The number of halogens is 1. The van der Waals surface area contributed by atoms with Crippen molar-refractivity contribution in [3.63, 3.8) is 0 Å². The van der Waals surface area contributed by atoms with Crippen molar-refractivity contribution in [2.24, 2.45) is 0 Å². The van der Waals surface area contributed by atoms with Crippen molar-refractivity contribution in [1.29, 1.82) is 0 Å². The molecule has 0 atom stereocenters. The average molecular weight is 512 g/mol. The maximum Gasteiger partial charge on any atom is 0.255 e. The van der Waals surface area contributed by atoms with E-state index in [1.165, 1.54) is 0 Å². The Hall–Kier alpha value is -3.94. The van der Waals surface area contributed by atoms with Crippen LogP contribution in [0.1, 0.15) is 21.5 Å². The van der Waals surface area contributed by atoms with E-state index >= 15 is 0 Å². The van der Waals surface area contributed by atoms with Crippen molar-refractivity contribution in [3.05, 3.63) is 119 Å². The minimum Gasteiger partial charge on any atom is -0.322 e. The third kappa shape index (κ3) is 5.48. The first kappa shape index (κ1) is 23.8. The first-order valence-electron chi connectivity index (χ1n) is 11.3. The quantitative estimate of drug-likeness (QED) is 0.242. The number of nitrogens with one attached hydrogen (secondary N) is 1. The molecule has 0 fully saturated rings. The summed E-state index contributed by atoms with van der Waals surface area (Å²) >= 11 is 7.85. The van der Waals surface area contributed by atoms with Gasteiger partial charge in [-0.05, 0) is 72.6 Å². The first-order valence-corrected chi connectivity index (χ1v) is 12.6. The Kier molecular flexibility index (Phi) is 7.11. The fourth-order valence-corrected chi connectivity index (χ4v) is 4.82. The van der Waals surface area contributed by atoms with Crippen molar-refractivity contribution in [2.75, 3.05) is 5.32 Å². The minimum atomic E-state index is -0.137. The predicted octanol–water partition coefficient (Wildman–Crippen LogP) is 6.84. The lowest BCUT2D eigenvalue weighted by atomic mass is 10.1. The highest BCUT2D eigenvalue weighted by Gasteiger charge is 2.17. The van der Waals surface area contributed by atoms with Crippen LogP contribution in [0.3, 0.4) is 0 Å².